The van der Waals surface area contributed by atoms with Crippen LogP contribution in [-0.4, -0.2) is 23.7 Å². The normalized spacial score (nSPS) is 14.6. The number of fused-ring (bicyclic) bond motifs is 17. The van der Waals surface area contributed by atoms with Crippen LogP contribution in [0.4, 0.5) is 0 Å². The standard InChI is InChI=1S/C90H63N5/c1-89(2)75-29-14-10-25-65(75)67-42-38-62(52-77(67)89)93-80-31-16-12-27-69(80)73-48-56(36-45-82(73)93)58-33-40-71-72-41-34-59(57-37-46-83-74(49-57)70-28-13-17-32-81(70)94(83)63-39-43-68-66-26-11-15-30-76(66)90(3,4)78(68)53-63)51-85(72)95(84(71)50-58)61-23-18-22-60(47-61)87-86-64-24-9-8-19-54(64)35-44-79(86)91-88(92-87)55-20-6-5-7-21-55/h5-38,40-42,44-53H,39,43H2,1-4H3. The molecule has 0 unspecified atom stereocenters. The van der Waals surface area contributed by atoms with Crippen LogP contribution in [0.5, 0.6) is 0 Å². The fourth-order valence-corrected chi connectivity index (χ4v) is 17.2. The molecular weight excluding hydrogens is 1150 g/mol. The summed E-state index contributed by atoms with van der Waals surface area (Å²) in [5, 5.41) is 10.7. The average Bonchev–Trinajstić information content (AvgIpc) is 1.65. The molecule has 0 atom stereocenters. The van der Waals surface area contributed by atoms with Gasteiger partial charge in [0.25, 0.3) is 0 Å². The lowest BCUT2D eigenvalue weighted by Gasteiger charge is -2.26. The molecule has 95 heavy (non-hydrogen) atoms. The third-order valence-electron chi connectivity index (χ3n) is 21.8. The number of hydrogen-bond acceptors (Lipinski definition) is 2. The van der Waals surface area contributed by atoms with Crippen LogP contribution in [0.1, 0.15) is 62.8 Å². The van der Waals surface area contributed by atoms with Crippen molar-refractivity contribution in [1.29, 1.82) is 0 Å². The Kier molecular flexibility index (Phi) is 11.3. The molecule has 3 aliphatic carbocycles. The minimum atomic E-state index is -0.113. The van der Waals surface area contributed by atoms with E-state index in [9.17, 15) is 0 Å². The summed E-state index contributed by atoms with van der Waals surface area (Å²) in [6.07, 6.45) is 4.53. The van der Waals surface area contributed by atoms with E-state index in [2.05, 4.69) is 320 Å². The van der Waals surface area contributed by atoms with Crippen LogP contribution in [0, 0.1) is 0 Å². The molecule has 13 aromatic carbocycles. The number of aromatic nitrogens is 5. The second-order valence-electron chi connectivity index (χ2n) is 27.6. The number of benzene rings is 13. The van der Waals surface area contributed by atoms with E-state index >= 15 is 0 Å². The van der Waals surface area contributed by atoms with Gasteiger partial charge < -0.3 is 13.7 Å². The molecule has 448 valence electrons. The van der Waals surface area contributed by atoms with E-state index in [1.807, 2.05) is 6.07 Å². The third-order valence-corrected chi connectivity index (χ3v) is 21.8. The molecule has 0 saturated heterocycles. The van der Waals surface area contributed by atoms with E-state index in [1.165, 1.54) is 116 Å². The zero-order valence-corrected chi connectivity index (χ0v) is 53.3. The topological polar surface area (TPSA) is 40.6 Å². The van der Waals surface area contributed by atoms with Crippen LogP contribution in [0.25, 0.3) is 166 Å². The maximum absolute atomic E-state index is 5.52. The molecule has 3 aliphatic rings. The van der Waals surface area contributed by atoms with E-state index in [0.29, 0.717) is 5.82 Å². The van der Waals surface area contributed by atoms with Crippen molar-refractivity contribution in [2.24, 2.45) is 0 Å². The SMILES string of the molecule is CC1(C)C2=C(CCC(n3c4ccccc4c4cc(-c5ccc6c7ccc(-c8ccc9c(c8)c8ccccc8n9-c8ccc9c(c8)C(C)(C)c8ccccc8-9)cc7n(-c7cccc(-c8nc(-c9ccccc9)nc9ccc%10ccccc%10c89)c7)c6c5)ccc43)=C2)c2ccccc21. The van der Waals surface area contributed by atoms with E-state index in [1.54, 1.807) is 0 Å². The van der Waals surface area contributed by atoms with Gasteiger partial charge in [0.1, 0.15) is 0 Å². The smallest absolute Gasteiger partial charge is 0.160 e. The van der Waals surface area contributed by atoms with Crippen LogP contribution in [0.3, 0.4) is 0 Å². The van der Waals surface area contributed by atoms with E-state index in [-0.39, 0.29) is 10.8 Å². The van der Waals surface area contributed by atoms with Crippen molar-refractivity contribution in [2.45, 2.75) is 51.4 Å². The molecule has 0 N–H and O–H groups in total. The van der Waals surface area contributed by atoms with Gasteiger partial charge in [-0.1, -0.05) is 228 Å². The molecule has 0 aliphatic heterocycles. The molecule has 0 spiro atoms. The first-order chi connectivity index (χ1) is 46.6. The minimum Gasteiger partial charge on any atom is -0.313 e. The molecule has 0 fully saturated rings. The Bertz CT molecular complexity index is 6270. The number of rotatable bonds is 7. The maximum Gasteiger partial charge on any atom is 0.160 e. The average molecular weight is 1210 g/mol. The van der Waals surface area contributed by atoms with E-state index < -0.39 is 0 Å². The Morgan fingerprint density at radius 2 is 0.853 bits per heavy atom. The Labute approximate surface area is 550 Å². The molecule has 0 amide bonds. The molecule has 4 aromatic heterocycles. The van der Waals surface area contributed by atoms with Gasteiger partial charge in [-0.15, -0.1) is 0 Å². The zero-order valence-electron chi connectivity index (χ0n) is 53.3. The lowest BCUT2D eigenvalue weighted by Crippen LogP contribution is -2.17. The second-order valence-corrected chi connectivity index (χ2v) is 27.6. The quantitative estimate of drug-likeness (QED) is 0.149. The van der Waals surface area contributed by atoms with E-state index in [4.69, 9.17) is 9.97 Å². The van der Waals surface area contributed by atoms with Gasteiger partial charge in [0, 0.05) is 76.7 Å². The highest BCUT2D eigenvalue weighted by Crippen LogP contribution is 2.54. The van der Waals surface area contributed by atoms with Crippen molar-refractivity contribution in [1.82, 2.24) is 23.7 Å². The molecule has 5 nitrogen and oxygen atoms in total. The van der Waals surface area contributed by atoms with Crippen LogP contribution >= 0.6 is 0 Å². The molecule has 5 heteroatoms. The first-order valence-electron chi connectivity index (χ1n) is 33.4. The van der Waals surface area contributed by atoms with Crippen molar-refractivity contribution >= 4 is 98.4 Å². The zero-order chi connectivity index (χ0) is 63.0. The molecule has 17 aromatic rings. The van der Waals surface area contributed by atoms with Gasteiger partial charge in [-0.05, 0) is 175 Å². The van der Waals surface area contributed by atoms with Gasteiger partial charge in [-0.2, -0.15) is 0 Å². The van der Waals surface area contributed by atoms with Gasteiger partial charge in [0.15, 0.2) is 5.82 Å². The molecule has 20 rings (SSSR count). The van der Waals surface area contributed by atoms with Crippen molar-refractivity contribution in [3.63, 3.8) is 0 Å². The molecule has 0 saturated carbocycles. The monoisotopic (exact) mass is 1210 g/mol. The van der Waals surface area contributed by atoms with Crippen molar-refractivity contribution in [3.05, 3.63) is 313 Å². The number of hydrogen-bond donors (Lipinski definition) is 0. The maximum atomic E-state index is 5.52. The van der Waals surface area contributed by atoms with E-state index in [0.717, 1.165) is 84.7 Å². The predicted octanol–water partition coefficient (Wildman–Crippen LogP) is 23.4. The number of nitrogens with zero attached hydrogens (tertiary/aromatic N) is 5. The van der Waals surface area contributed by atoms with Crippen molar-refractivity contribution in [3.8, 4) is 67.4 Å². The largest absolute Gasteiger partial charge is 0.313 e. The third kappa shape index (κ3) is 7.84. The highest BCUT2D eigenvalue weighted by atomic mass is 15.0. The van der Waals surface area contributed by atoms with Gasteiger partial charge in [-0.3, -0.25) is 0 Å². The summed E-state index contributed by atoms with van der Waals surface area (Å²) in [6.45, 7) is 9.53. The summed E-state index contributed by atoms with van der Waals surface area (Å²) in [7, 11) is 0. The summed E-state index contributed by atoms with van der Waals surface area (Å²) < 4.78 is 7.53. The molecule has 0 bridgehead atoms. The number of para-hydroxylation sites is 2. The van der Waals surface area contributed by atoms with Crippen LogP contribution in [0.15, 0.2) is 291 Å². The second kappa shape index (κ2) is 19.9. The highest BCUT2D eigenvalue weighted by Gasteiger charge is 2.39. The molecule has 0 radical (unpaired) electrons. The molecule has 4 heterocycles. The highest BCUT2D eigenvalue weighted by molar-refractivity contribution is 6.16. The lowest BCUT2D eigenvalue weighted by atomic mass is 9.79. The van der Waals surface area contributed by atoms with Crippen molar-refractivity contribution in [2.75, 3.05) is 0 Å². The van der Waals surface area contributed by atoms with Gasteiger partial charge in [0.2, 0.25) is 0 Å². The summed E-state index contributed by atoms with van der Waals surface area (Å²) in [4.78, 5) is 10.8. The predicted molar refractivity (Wildman–Crippen MR) is 398 cm³/mol. The minimum absolute atomic E-state index is 0.0635. The fraction of sp³-hybridized carbons (Fsp3) is 0.0889. The van der Waals surface area contributed by atoms with Gasteiger partial charge in [-0.25, -0.2) is 9.97 Å². The summed E-state index contributed by atoms with van der Waals surface area (Å²) >= 11 is 0. The fourth-order valence-electron chi connectivity index (χ4n) is 17.2. The Morgan fingerprint density at radius 3 is 1.58 bits per heavy atom. The van der Waals surface area contributed by atoms with Crippen LogP contribution in [0.2, 0.25) is 0 Å². The number of allylic oxidation sites excluding steroid dienone is 4. The first-order valence-corrected chi connectivity index (χ1v) is 33.4. The van der Waals surface area contributed by atoms with Crippen molar-refractivity contribution < 1.29 is 0 Å². The molecular formula is C90H63N5. The first kappa shape index (κ1) is 53.9. The van der Waals surface area contributed by atoms with Gasteiger partial charge >= 0.3 is 0 Å². The summed E-state index contributed by atoms with van der Waals surface area (Å²) in [5.74, 6) is 0.702. The Hall–Kier alpha value is -11.7. The van der Waals surface area contributed by atoms with Crippen LogP contribution < -0.4 is 0 Å². The lowest BCUT2D eigenvalue weighted by molar-refractivity contribution is 0.651. The Morgan fingerprint density at radius 1 is 0.316 bits per heavy atom. The Balaban J connectivity index is 0.769. The van der Waals surface area contributed by atoms with Gasteiger partial charge in [0.05, 0.1) is 44.3 Å². The summed E-state index contributed by atoms with van der Waals surface area (Å²) in [6, 6.07) is 104. The summed E-state index contributed by atoms with van der Waals surface area (Å²) in [5.41, 5.74) is 30.2. The van der Waals surface area contributed by atoms with Crippen LogP contribution in [-0.2, 0) is 10.8 Å².